The highest BCUT2D eigenvalue weighted by Crippen LogP contribution is 2.50. The number of hydrogen-bond acceptors (Lipinski definition) is 1. The molecule has 2 rings (SSSR count). The summed E-state index contributed by atoms with van der Waals surface area (Å²) < 4.78 is 0. The zero-order valence-electron chi connectivity index (χ0n) is 14.0. The molecular weight excluding hydrogens is 242 g/mol. The molecular formula is C19H33N. The third-order valence-corrected chi connectivity index (χ3v) is 6.01. The van der Waals surface area contributed by atoms with Crippen molar-refractivity contribution in [2.45, 2.75) is 77.3 Å². The van der Waals surface area contributed by atoms with E-state index in [-0.39, 0.29) is 5.54 Å². The lowest BCUT2D eigenvalue weighted by atomic mass is 9.63. The molecule has 1 heteroatoms. The first-order valence-electron chi connectivity index (χ1n) is 8.69. The molecule has 1 saturated carbocycles. The zero-order chi connectivity index (χ0) is 14.8. The fourth-order valence-corrected chi connectivity index (χ4v) is 4.96. The molecule has 0 aromatic carbocycles. The summed E-state index contributed by atoms with van der Waals surface area (Å²) in [7, 11) is 2.34. The van der Waals surface area contributed by atoms with Crippen molar-refractivity contribution in [3.8, 4) is 0 Å². The van der Waals surface area contributed by atoms with Gasteiger partial charge in [-0.25, -0.2) is 0 Å². The van der Waals surface area contributed by atoms with E-state index < -0.39 is 0 Å². The molecule has 1 aliphatic heterocycles. The summed E-state index contributed by atoms with van der Waals surface area (Å²) >= 11 is 0. The van der Waals surface area contributed by atoms with Crippen molar-refractivity contribution in [3.63, 3.8) is 0 Å². The van der Waals surface area contributed by atoms with Gasteiger partial charge in [0.15, 0.2) is 0 Å². The minimum atomic E-state index is 0.218. The Bertz CT molecular complexity index is 364. The Kier molecular flexibility index (Phi) is 5.12. The largest absolute Gasteiger partial charge is 0.290 e. The summed E-state index contributed by atoms with van der Waals surface area (Å²) in [5.41, 5.74) is 1.60. The first-order valence-corrected chi connectivity index (χ1v) is 8.69. The SMILES string of the molecule is C=C1C=CC(C)N(C)C1(C(CC)CCC)C1CCCC1. The smallest absolute Gasteiger partial charge is 0.0513 e. The molecule has 1 heterocycles. The topological polar surface area (TPSA) is 3.24 Å². The average molecular weight is 275 g/mol. The molecule has 1 aliphatic carbocycles. The van der Waals surface area contributed by atoms with Gasteiger partial charge in [-0.15, -0.1) is 0 Å². The van der Waals surface area contributed by atoms with E-state index in [0.717, 1.165) is 11.8 Å². The van der Waals surface area contributed by atoms with Crippen LogP contribution in [-0.2, 0) is 0 Å². The van der Waals surface area contributed by atoms with E-state index in [0.29, 0.717) is 6.04 Å². The van der Waals surface area contributed by atoms with Crippen LogP contribution in [0.1, 0.15) is 65.7 Å². The van der Waals surface area contributed by atoms with E-state index in [9.17, 15) is 0 Å². The van der Waals surface area contributed by atoms with Gasteiger partial charge in [0.05, 0.1) is 5.54 Å². The lowest BCUT2D eigenvalue weighted by Crippen LogP contribution is -2.61. The van der Waals surface area contributed by atoms with E-state index in [2.05, 4.69) is 51.4 Å². The zero-order valence-corrected chi connectivity index (χ0v) is 14.0. The molecule has 3 atom stereocenters. The molecule has 3 unspecified atom stereocenters. The minimum Gasteiger partial charge on any atom is -0.290 e. The fourth-order valence-electron chi connectivity index (χ4n) is 4.96. The van der Waals surface area contributed by atoms with Crippen LogP contribution in [0.15, 0.2) is 24.3 Å². The highest BCUT2D eigenvalue weighted by Gasteiger charge is 2.51. The number of rotatable bonds is 5. The van der Waals surface area contributed by atoms with Gasteiger partial charge in [-0.3, -0.25) is 4.90 Å². The van der Waals surface area contributed by atoms with E-state index in [1.807, 2.05) is 0 Å². The molecule has 0 N–H and O–H groups in total. The Morgan fingerprint density at radius 1 is 1.35 bits per heavy atom. The number of hydrogen-bond donors (Lipinski definition) is 0. The van der Waals surface area contributed by atoms with Gasteiger partial charge in [-0.2, -0.15) is 0 Å². The van der Waals surface area contributed by atoms with Crippen LogP contribution in [0.3, 0.4) is 0 Å². The van der Waals surface area contributed by atoms with Gasteiger partial charge < -0.3 is 0 Å². The first-order chi connectivity index (χ1) is 9.58. The second kappa shape index (κ2) is 6.47. The summed E-state index contributed by atoms with van der Waals surface area (Å²) in [6.07, 6.45) is 14.2. The molecule has 0 amide bonds. The second-order valence-corrected chi connectivity index (χ2v) is 6.94. The van der Waals surface area contributed by atoms with Crippen molar-refractivity contribution >= 4 is 0 Å². The summed E-state index contributed by atoms with van der Waals surface area (Å²) in [6, 6.07) is 0.534. The van der Waals surface area contributed by atoms with Crippen LogP contribution in [0.25, 0.3) is 0 Å². The molecule has 1 nitrogen and oxygen atoms in total. The van der Waals surface area contributed by atoms with Gasteiger partial charge in [0, 0.05) is 6.04 Å². The molecule has 2 aliphatic rings. The predicted molar refractivity (Wildman–Crippen MR) is 88.9 cm³/mol. The Hall–Kier alpha value is -0.560. The minimum absolute atomic E-state index is 0.218. The van der Waals surface area contributed by atoms with Crippen molar-refractivity contribution in [2.75, 3.05) is 7.05 Å². The number of likely N-dealkylation sites (N-methyl/N-ethyl adjacent to an activating group) is 1. The van der Waals surface area contributed by atoms with Crippen LogP contribution in [-0.4, -0.2) is 23.5 Å². The Balaban J connectivity index is 2.46. The van der Waals surface area contributed by atoms with Gasteiger partial charge in [0.2, 0.25) is 0 Å². The summed E-state index contributed by atoms with van der Waals surface area (Å²) in [4.78, 5) is 2.66. The quantitative estimate of drug-likeness (QED) is 0.667. The highest BCUT2D eigenvalue weighted by molar-refractivity contribution is 5.36. The lowest BCUT2D eigenvalue weighted by Gasteiger charge is -2.56. The van der Waals surface area contributed by atoms with Crippen molar-refractivity contribution in [2.24, 2.45) is 11.8 Å². The standard InChI is InChI=1S/C19H33N/c1-6-10-17(7-2)19(18-11-8-9-12-18)15(3)13-14-16(4)20(19)5/h13-14,16-18H,3,6-12H2,1-2,4-5H3. The third kappa shape index (κ3) is 2.39. The monoisotopic (exact) mass is 275 g/mol. The molecule has 0 spiro atoms. The Labute approximate surface area is 126 Å². The van der Waals surface area contributed by atoms with E-state index in [4.69, 9.17) is 0 Å². The van der Waals surface area contributed by atoms with Crippen LogP contribution in [0, 0.1) is 11.8 Å². The molecule has 1 fully saturated rings. The molecule has 0 aromatic heterocycles. The first kappa shape index (κ1) is 15.8. The maximum Gasteiger partial charge on any atom is 0.0513 e. The number of nitrogens with zero attached hydrogens (tertiary/aromatic N) is 1. The Morgan fingerprint density at radius 3 is 2.55 bits per heavy atom. The van der Waals surface area contributed by atoms with E-state index in [1.165, 1.54) is 50.5 Å². The van der Waals surface area contributed by atoms with Crippen molar-refractivity contribution < 1.29 is 0 Å². The van der Waals surface area contributed by atoms with Crippen LogP contribution < -0.4 is 0 Å². The molecule has 114 valence electrons. The predicted octanol–water partition coefficient (Wildman–Crippen LogP) is 5.19. The molecule has 0 radical (unpaired) electrons. The van der Waals surface area contributed by atoms with Crippen LogP contribution in [0.2, 0.25) is 0 Å². The summed E-state index contributed by atoms with van der Waals surface area (Å²) in [6.45, 7) is 11.6. The normalized spacial score (nSPS) is 33.8. The molecule has 20 heavy (non-hydrogen) atoms. The van der Waals surface area contributed by atoms with Crippen molar-refractivity contribution in [3.05, 3.63) is 24.3 Å². The maximum absolute atomic E-state index is 4.52. The van der Waals surface area contributed by atoms with Crippen LogP contribution in [0.4, 0.5) is 0 Å². The van der Waals surface area contributed by atoms with E-state index in [1.54, 1.807) is 0 Å². The van der Waals surface area contributed by atoms with Crippen LogP contribution >= 0.6 is 0 Å². The maximum atomic E-state index is 4.52. The fraction of sp³-hybridized carbons (Fsp3) is 0.789. The van der Waals surface area contributed by atoms with Gasteiger partial charge in [-0.1, -0.05) is 58.3 Å². The Morgan fingerprint density at radius 2 is 2.00 bits per heavy atom. The van der Waals surface area contributed by atoms with E-state index >= 15 is 0 Å². The van der Waals surface area contributed by atoms with Crippen molar-refractivity contribution in [1.82, 2.24) is 4.90 Å². The summed E-state index contributed by atoms with van der Waals surface area (Å²) in [5.74, 6) is 1.56. The molecule has 0 aromatic rings. The molecule has 0 saturated heterocycles. The second-order valence-electron chi connectivity index (χ2n) is 6.94. The van der Waals surface area contributed by atoms with Gasteiger partial charge in [0.25, 0.3) is 0 Å². The molecule has 0 bridgehead atoms. The van der Waals surface area contributed by atoms with Gasteiger partial charge >= 0.3 is 0 Å². The lowest BCUT2D eigenvalue weighted by molar-refractivity contribution is 0.00979. The third-order valence-electron chi connectivity index (χ3n) is 6.01. The summed E-state index contributed by atoms with van der Waals surface area (Å²) in [5, 5.41) is 0. The van der Waals surface area contributed by atoms with Crippen LogP contribution in [0.5, 0.6) is 0 Å². The van der Waals surface area contributed by atoms with Gasteiger partial charge in [0.1, 0.15) is 0 Å². The highest BCUT2D eigenvalue weighted by atomic mass is 15.2. The van der Waals surface area contributed by atoms with Gasteiger partial charge in [-0.05, 0) is 50.6 Å². The average Bonchev–Trinajstić information content (AvgIpc) is 2.97. The van der Waals surface area contributed by atoms with Crippen molar-refractivity contribution in [1.29, 1.82) is 0 Å².